The summed E-state index contributed by atoms with van der Waals surface area (Å²) in [5.41, 5.74) is 13.2. The number of rotatable bonds is 5. The molecule has 0 saturated carbocycles. The first kappa shape index (κ1) is 19.3. The average molecular weight is 424 g/mol. The lowest BCUT2D eigenvalue weighted by Gasteiger charge is -2.34. The summed E-state index contributed by atoms with van der Waals surface area (Å²) >= 11 is 0. The molecule has 0 amide bonds. The van der Waals surface area contributed by atoms with Crippen LogP contribution in [0.5, 0.6) is 0 Å². The van der Waals surface area contributed by atoms with Gasteiger partial charge < -0.3 is 20.8 Å². The molecule has 2 aromatic heterocycles. The van der Waals surface area contributed by atoms with Gasteiger partial charge in [-0.15, -0.1) is 5.10 Å². The molecule has 4 N–H and O–H groups in total. The molecule has 3 aromatic rings. The molecule has 0 atom stereocenters. The van der Waals surface area contributed by atoms with Crippen molar-refractivity contribution in [2.45, 2.75) is 30.0 Å². The Kier molecular flexibility index (Phi) is 4.71. The Hall–Kier alpha value is -3.05. The molecule has 10 nitrogen and oxygen atoms in total. The number of nitrogen functional groups attached to an aromatic ring is 1. The number of hydrogen-bond donors (Lipinski definition) is 2. The van der Waals surface area contributed by atoms with E-state index in [1.54, 1.807) is 38.1 Å². The lowest BCUT2D eigenvalue weighted by atomic mass is 10.1. The SMILES string of the molecule is CC(C)S(=O)(=O)c1ccc(-c2cnc(N)c(-c3nnc(N4CC(N)C4)o3)n2)cc1.[HH].[HH].[HH].[HH]. The first-order chi connectivity index (χ1) is 13.8. The first-order valence-corrected chi connectivity index (χ1v) is 10.6. The molecule has 4 rings (SSSR count). The standard InChI is InChI=1S/C18H21N7O3S.4H2/c1-10(2)29(26,27)13-5-3-11(4-6-13)14-7-21-16(20)15(22-14)17-23-24-18(28-17)25-8-12(19)9-25;;;;/h3-7,10,12H,8-9,19H2,1-2H3,(H2,20,21);4*1H. The lowest BCUT2D eigenvalue weighted by Crippen LogP contribution is -2.56. The van der Waals surface area contributed by atoms with Gasteiger partial charge in [0.25, 0.3) is 5.89 Å². The van der Waals surface area contributed by atoms with Gasteiger partial charge in [0.15, 0.2) is 21.3 Å². The smallest absolute Gasteiger partial charge is 0.318 e. The van der Waals surface area contributed by atoms with E-state index in [0.29, 0.717) is 30.4 Å². The van der Waals surface area contributed by atoms with Gasteiger partial charge in [-0.3, -0.25) is 0 Å². The van der Waals surface area contributed by atoms with Gasteiger partial charge in [-0.25, -0.2) is 18.4 Å². The maximum Gasteiger partial charge on any atom is 0.318 e. The third-order valence-corrected chi connectivity index (χ3v) is 6.87. The highest BCUT2D eigenvalue weighted by Gasteiger charge is 2.28. The molecule has 11 heteroatoms. The quantitative estimate of drug-likeness (QED) is 0.623. The minimum Gasteiger partial charge on any atom is -0.401 e. The van der Waals surface area contributed by atoms with Gasteiger partial charge in [0.05, 0.1) is 22.0 Å². The van der Waals surface area contributed by atoms with Gasteiger partial charge >= 0.3 is 6.01 Å². The number of anilines is 2. The number of nitrogens with zero attached hydrogens (tertiary/aromatic N) is 5. The molecule has 0 bridgehead atoms. The normalized spacial score (nSPS) is 15.0. The van der Waals surface area contributed by atoms with Gasteiger partial charge in [-0.05, 0) is 26.0 Å². The number of benzene rings is 1. The van der Waals surface area contributed by atoms with Crippen LogP contribution in [0.25, 0.3) is 22.8 Å². The highest BCUT2D eigenvalue weighted by molar-refractivity contribution is 7.92. The summed E-state index contributed by atoms with van der Waals surface area (Å²) < 4.78 is 30.2. The van der Waals surface area contributed by atoms with Crippen LogP contribution >= 0.6 is 0 Å². The van der Waals surface area contributed by atoms with E-state index in [2.05, 4.69) is 20.2 Å². The van der Waals surface area contributed by atoms with Gasteiger partial charge in [-0.1, -0.05) is 17.2 Å². The fourth-order valence-electron chi connectivity index (χ4n) is 2.89. The molecule has 1 saturated heterocycles. The van der Waals surface area contributed by atoms with Crippen molar-refractivity contribution in [1.82, 2.24) is 20.2 Å². The van der Waals surface area contributed by atoms with Gasteiger partial charge in [0.2, 0.25) is 0 Å². The van der Waals surface area contributed by atoms with Crippen LogP contribution in [0, 0.1) is 0 Å². The summed E-state index contributed by atoms with van der Waals surface area (Å²) in [7, 11) is -3.34. The van der Waals surface area contributed by atoms with E-state index in [4.69, 9.17) is 15.9 Å². The Morgan fingerprint density at radius 2 is 1.90 bits per heavy atom. The highest BCUT2D eigenvalue weighted by atomic mass is 32.2. The van der Waals surface area contributed by atoms with Crippen LogP contribution in [0.4, 0.5) is 11.8 Å². The summed E-state index contributed by atoms with van der Waals surface area (Å²) in [5.74, 6) is 0.314. The molecule has 29 heavy (non-hydrogen) atoms. The molecule has 160 valence electrons. The number of hydrogen-bond acceptors (Lipinski definition) is 10. The van der Waals surface area contributed by atoms with Gasteiger partial charge in [-0.2, -0.15) is 0 Å². The van der Waals surface area contributed by atoms with E-state index in [1.165, 1.54) is 6.20 Å². The largest absolute Gasteiger partial charge is 0.401 e. The minimum atomic E-state index is -3.34. The second-order valence-corrected chi connectivity index (χ2v) is 9.67. The van der Waals surface area contributed by atoms with Crippen molar-refractivity contribution in [2.75, 3.05) is 23.7 Å². The monoisotopic (exact) mass is 423 g/mol. The summed E-state index contributed by atoms with van der Waals surface area (Å²) in [6.07, 6.45) is 1.51. The van der Waals surface area contributed by atoms with Crippen molar-refractivity contribution in [3.05, 3.63) is 30.5 Å². The van der Waals surface area contributed by atoms with Crippen LogP contribution < -0.4 is 16.4 Å². The molecule has 0 aliphatic carbocycles. The van der Waals surface area contributed by atoms with E-state index in [9.17, 15) is 8.42 Å². The van der Waals surface area contributed by atoms with Crippen molar-refractivity contribution in [3.63, 3.8) is 0 Å². The van der Waals surface area contributed by atoms with E-state index < -0.39 is 15.1 Å². The molecular formula is C18H29N7O3S. The fraction of sp³-hybridized carbons (Fsp3) is 0.333. The Balaban J connectivity index is 0.00000256. The van der Waals surface area contributed by atoms with Crippen molar-refractivity contribution < 1.29 is 18.5 Å². The van der Waals surface area contributed by atoms with Crippen LogP contribution in [0.2, 0.25) is 0 Å². The number of sulfone groups is 1. The Labute approximate surface area is 173 Å². The second kappa shape index (κ2) is 7.08. The maximum atomic E-state index is 12.3. The number of nitrogens with two attached hydrogens (primary N) is 2. The van der Waals surface area contributed by atoms with E-state index in [0.717, 1.165) is 0 Å². The Morgan fingerprint density at radius 1 is 1.21 bits per heavy atom. The van der Waals surface area contributed by atoms with Crippen LogP contribution in [0.15, 0.2) is 39.8 Å². The zero-order valence-corrected chi connectivity index (χ0v) is 16.8. The molecule has 1 fully saturated rings. The van der Waals surface area contributed by atoms with E-state index in [-0.39, 0.29) is 34.0 Å². The van der Waals surface area contributed by atoms with Gasteiger partial charge in [0.1, 0.15) is 0 Å². The van der Waals surface area contributed by atoms with Crippen LogP contribution in [-0.2, 0) is 9.84 Å². The van der Waals surface area contributed by atoms with Gasteiger partial charge in [0, 0.05) is 30.4 Å². The van der Waals surface area contributed by atoms with E-state index >= 15 is 0 Å². The molecular weight excluding hydrogens is 394 g/mol. The minimum absolute atomic E-state index is 0. The first-order valence-electron chi connectivity index (χ1n) is 9.07. The van der Waals surface area contributed by atoms with E-state index in [1.807, 2.05) is 4.90 Å². The van der Waals surface area contributed by atoms with Crippen molar-refractivity contribution in [2.24, 2.45) is 5.73 Å². The summed E-state index contributed by atoms with van der Waals surface area (Å²) in [5, 5.41) is 7.53. The molecule has 0 radical (unpaired) electrons. The van der Waals surface area contributed by atoms with Crippen LogP contribution in [0.3, 0.4) is 0 Å². The van der Waals surface area contributed by atoms with Crippen molar-refractivity contribution in [1.29, 1.82) is 0 Å². The van der Waals surface area contributed by atoms with Crippen molar-refractivity contribution >= 4 is 21.7 Å². The summed E-state index contributed by atoms with van der Waals surface area (Å²) in [4.78, 5) is 10.8. The lowest BCUT2D eigenvalue weighted by molar-refractivity contribution is 0.453. The average Bonchev–Trinajstić information content (AvgIpc) is 3.15. The summed E-state index contributed by atoms with van der Waals surface area (Å²) in [6, 6.07) is 6.93. The fourth-order valence-corrected chi connectivity index (χ4v) is 3.95. The highest BCUT2D eigenvalue weighted by Crippen LogP contribution is 2.29. The van der Waals surface area contributed by atoms with Crippen LogP contribution in [0.1, 0.15) is 19.6 Å². The molecule has 1 aliphatic heterocycles. The second-order valence-electron chi connectivity index (χ2n) is 7.16. The molecule has 1 aliphatic rings. The Bertz CT molecular complexity index is 1150. The van der Waals surface area contributed by atoms with Crippen molar-refractivity contribution in [3.8, 4) is 22.8 Å². The predicted octanol–water partition coefficient (Wildman–Crippen LogP) is 2.09. The van der Waals surface area contributed by atoms with Crippen LogP contribution in [-0.4, -0.2) is 53.0 Å². The third kappa shape index (κ3) is 3.54. The molecule has 0 unspecified atom stereocenters. The number of aromatic nitrogens is 4. The third-order valence-electron chi connectivity index (χ3n) is 4.70. The topological polar surface area (TPSA) is 154 Å². The Morgan fingerprint density at radius 3 is 2.52 bits per heavy atom. The zero-order chi connectivity index (χ0) is 20.8. The molecule has 0 spiro atoms. The predicted molar refractivity (Wildman–Crippen MR) is 116 cm³/mol. The summed E-state index contributed by atoms with van der Waals surface area (Å²) in [6.45, 7) is 4.59. The zero-order valence-electron chi connectivity index (χ0n) is 16.0. The maximum absolute atomic E-state index is 12.3. The molecule has 3 heterocycles. The molecule has 1 aromatic carbocycles.